The molecular weight excluding hydrogens is 346 g/mol. The summed E-state index contributed by atoms with van der Waals surface area (Å²) in [5.41, 5.74) is 2.76. The van der Waals surface area contributed by atoms with E-state index in [1.54, 1.807) is 6.21 Å². The lowest BCUT2D eigenvalue weighted by molar-refractivity contribution is -0.384. The van der Waals surface area contributed by atoms with Crippen molar-refractivity contribution in [1.29, 1.82) is 0 Å². The highest BCUT2D eigenvalue weighted by Crippen LogP contribution is 2.49. The summed E-state index contributed by atoms with van der Waals surface area (Å²) < 4.78 is 0.121. The monoisotopic (exact) mass is 365 g/mol. The molecule has 0 aromatic heterocycles. The molecule has 0 atom stereocenters. The summed E-state index contributed by atoms with van der Waals surface area (Å²) in [4.78, 5) is 22.1. The number of hydrazone groups is 1. The Kier molecular flexibility index (Phi) is 6.86. The van der Waals surface area contributed by atoms with Crippen molar-refractivity contribution in [3.8, 4) is 0 Å². The van der Waals surface area contributed by atoms with Gasteiger partial charge in [0.05, 0.1) is 9.00 Å². The number of amides is 1. The number of nitrogens with one attached hydrogen (secondary N) is 1. The van der Waals surface area contributed by atoms with Crippen LogP contribution in [0.1, 0.15) is 29.6 Å². The van der Waals surface area contributed by atoms with E-state index in [4.69, 9.17) is 0 Å². The van der Waals surface area contributed by atoms with Gasteiger partial charge in [-0.2, -0.15) is 5.10 Å². The van der Waals surface area contributed by atoms with Crippen LogP contribution in [0, 0.1) is 10.1 Å². The first kappa shape index (κ1) is 18.5. The average molecular weight is 365 g/mol. The Morgan fingerprint density at radius 3 is 2.62 bits per heavy atom. The van der Waals surface area contributed by atoms with Gasteiger partial charge in [-0.1, -0.05) is 6.08 Å². The summed E-state index contributed by atoms with van der Waals surface area (Å²) in [5.74, 6) is 1.88. The minimum absolute atomic E-state index is 0.0468. The van der Waals surface area contributed by atoms with Gasteiger partial charge in [0.25, 0.3) is 11.6 Å². The number of carbonyl (C=O) groups is 1. The third kappa shape index (κ3) is 5.10. The molecule has 0 spiro atoms. The molecule has 2 rings (SSSR count). The lowest BCUT2D eigenvalue weighted by Gasteiger charge is -2.24. The van der Waals surface area contributed by atoms with Crippen molar-refractivity contribution in [3.63, 3.8) is 0 Å². The second-order valence-electron chi connectivity index (χ2n) is 5.20. The largest absolute Gasteiger partial charge is 0.271 e. The van der Waals surface area contributed by atoms with Gasteiger partial charge in [-0.3, -0.25) is 14.9 Å². The Balaban J connectivity index is 1.87. The molecule has 6 nitrogen and oxygen atoms in total. The number of hydrogen-bond acceptors (Lipinski definition) is 6. The molecule has 0 radical (unpaired) electrons. The fraction of sp³-hybridized carbons (Fsp3) is 0.375. The number of benzene rings is 1. The van der Waals surface area contributed by atoms with Crippen LogP contribution in [0.15, 0.2) is 42.0 Å². The smallest absolute Gasteiger partial charge is 0.267 e. The molecule has 1 aliphatic rings. The zero-order chi connectivity index (χ0) is 17.4. The van der Waals surface area contributed by atoms with E-state index in [0.29, 0.717) is 5.56 Å². The zero-order valence-corrected chi connectivity index (χ0v) is 14.8. The van der Waals surface area contributed by atoms with E-state index in [1.807, 2.05) is 29.6 Å². The van der Waals surface area contributed by atoms with E-state index >= 15 is 0 Å². The summed E-state index contributed by atoms with van der Waals surface area (Å²) in [5, 5.41) is 14.6. The van der Waals surface area contributed by atoms with Crippen LogP contribution in [0.5, 0.6) is 0 Å². The minimum atomic E-state index is -0.501. The van der Waals surface area contributed by atoms with Gasteiger partial charge >= 0.3 is 0 Å². The van der Waals surface area contributed by atoms with Crippen molar-refractivity contribution in [2.24, 2.45) is 5.10 Å². The molecule has 1 amide bonds. The predicted molar refractivity (Wildman–Crippen MR) is 101 cm³/mol. The maximum absolute atomic E-state index is 12.0. The summed E-state index contributed by atoms with van der Waals surface area (Å²) in [6, 6.07) is 5.43. The molecule has 1 heterocycles. The summed E-state index contributed by atoms with van der Waals surface area (Å²) in [7, 11) is 0. The van der Waals surface area contributed by atoms with Gasteiger partial charge in [0.15, 0.2) is 0 Å². The van der Waals surface area contributed by atoms with Gasteiger partial charge in [-0.15, -0.1) is 30.1 Å². The Hall–Kier alpha value is -1.80. The van der Waals surface area contributed by atoms with Crippen LogP contribution in [0.4, 0.5) is 5.69 Å². The van der Waals surface area contributed by atoms with Crippen LogP contribution in [0.2, 0.25) is 0 Å². The van der Waals surface area contributed by atoms with Crippen molar-refractivity contribution in [2.45, 2.75) is 23.3 Å². The summed E-state index contributed by atoms with van der Waals surface area (Å²) >= 11 is 3.87. The zero-order valence-electron chi connectivity index (χ0n) is 13.1. The number of hydrogen-bond donors (Lipinski definition) is 1. The second kappa shape index (κ2) is 8.89. The summed E-state index contributed by atoms with van der Waals surface area (Å²) in [6.07, 6.45) is 6.43. The van der Waals surface area contributed by atoms with E-state index in [1.165, 1.54) is 24.3 Å². The van der Waals surface area contributed by atoms with Crippen molar-refractivity contribution in [2.75, 3.05) is 11.5 Å². The molecular formula is C16H19N3O3S2. The van der Waals surface area contributed by atoms with Crippen molar-refractivity contribution >= 4 is 41.3 Å². The van der Waals surface area contributed by atoms with Gasteiger partial charge in [-0.05, 0) is 25.0 Å². The highest BCUT2D eigenvalue weighted by Gasteiger charge is 2.33. The Morgan fingerprint density at radius 1 is 1.38 bits per heavy atom. The average Bonchev–Trinajstić information content (AvgIpc) is 3.06. The molecule has 0 aliphatic carbocycles. The van der Waals surface area contributed by atoms with Gasteiger partial charge in [0.1, 0.15) is 0 Å². The maximum Gasteiger partial charge on any atom is 0.271 e. The van der Waals surface area contributed by atoms with E-state index in [9.17, 15) is 14.9 Å². The van der Waals surface area contributed by atoms with Gasteiger partial charge < -0.3 is 0 Å². The van der Waals surface area contributed by atoms with Gasteiger partial charge in [0, 0.05) is 41.8 Å². The van der Waals surface area contributed by atoms with Crippen LogP contribution in [0.25, 0.3) is 0 Å². The van der Waals surface area contributed by atoms with Crippen LogP contribution in [-0.4, -0.2) is 32.6 Å². The molecule has 0 unspecified atom stereocenters. The number of thioether (sulfide) groups is 2. The standard InChI is InChI=1S/C16H19N3O3S2/c1-2-3-8-16(23-11-12-24-16)9-10-17-18-15(20)13-4-6-14(7-5-13)19(21)22/h2,4-7,10H,1,3,8-9,11-12H2,(H,18,20)/b17-10+. The topological polar surface area (TPSA) is 84.6 Å². The molecule has 0 saturated carbocycles. The Labute approximate surface area is 149 Å². The van der Waals surface area contributed by atoms with Crippen LogP contribution in [0.3, 0.4) is 0 Å². The number of non-ortho nitro benzene ring substituents is 1. The highest BCUT2D eigenvalue weighted by molar-refractivity contribution is 8.21. The fourth-order valence-electron chi connectivity index (χ4n) is 2.27. The van der Waals surface area contributed by atoms with E-state index in [-0.39, 0.29) is 15.7 Å². The maximum atomic E-state index is 12.0. The third-order valence-corrected chi connectivity index (χ3v) is 7.12. The first-order chi connectivity index (χ1) is 11.6. The van der Waals surface area contributed by atoms with Crippen molar-refractivity contribution in [3.05, 3.63) is 52.6 Å². The summed E-state index contributed by atoms with van der Waals surface area (Å²) in [6.45, 7) is 3.77. The number of carbonyl (C=O) groups excluding carboxylic acids is 1. The molecule has 0 bridgehead atoms. The number of nitro benzene ring substituents is 1. The molecule has 1 aromatic rings. The predicted octanol–water partition coefficient (Wildman–Crippen LogP) is 3.84. The molecule has 1 fully saturated rings. The number of rotatable bonds is 8. The Morgan fingerprint density at radius 2 is 2.04 bits per heavy atom. The van der Waals surface area contributed by atoms with Crippen molar-refractivity contribution in [1.82, 2.24) is 5.43 Å². The van der Waals surface area contributed by atoms with Crippen LogP contribution < -0.4 is 5.43 Å². The lowest BCUT2D eigenvalue weighted by atomic mass is 10.2. The first-order valence-corrected chi connectivity index (χ1v) is 9.48. The van der Waals surface area contributed by atoms with Crippen LogP contribution >= 0.6 is 23.5 Å². The van der Waals surface area contributed by atoms with E-state index < -0.39 is 4.92 Å². The molecule has 1 aromatic carbocycles. The second-order valence-corrected chi connectivity index (χ2v) is 8.41. The molecule has 1 saturated heterocycles. The highest BCUT2D eigenvalue weighted by atomic mass is 32.2. The van der Waals surface area contributed by atoms with Gasteiger partial charge in [0.2, 0.25) is 0 Å². The fourth-order valence-corrected chi connectivity index (χ4v) is 5.42. The molecule has 24 heavy (non-hydrogen) atoms. The Bertz CT molecular complexity index is 626. The minimum Gasteiger partial charge on any atom is -0.267 e. The molecule has 8 heteroatoms. The number of nitrogens with zero attached hydrogens (tertiary/aromatic N) is 2. The quantitative estimate of drug-likeness (QED) is 0.327. The van der Waals surface area contributed by atoms with Gasteiger partial charge in [-0.25, -0.2) is 5.43 Å². The molecule has 1 aliphatic heterocycles. The number of nitro groups is 1. The lowest BCUT2D eigenvalue weighted by Crippen LogP contribution is -2.20. The normalized spacial score (nSPS) is 16.2. The third-order valence-electron chi connectivity index (χ3n) is 3.54. The van der Waals surface area contributed by atoms with E-state index in [2.05, 4.69) is 17.1 Å². The van der Waals surface area contributed by atoms with Crippen LogP contribution in [-0.2, 0) is 0 Å². The van der Waals surface area contributed by atoms with Crippen molar-refractivity contribution < 1.29 is 9.72 Å². The molecule has 1 N–H and O–H groups in total. The number of allylic oxidation sites excluding steroid dienone is 1. The molecule has 128 valence electrons. The first-order valence-electron chi connectivity index (χ1n) is 7.51. The SMILES string of the molecule is C=CCCC1(C/C=N/NC(=O)c2ccc([N+](=O)[O-])cc2)SCCS1. The van der Waals surface area contributed by atoms with E-state index in [0.717, 1.165) is 30.8 Å².